The maximum Gasteiger partial charge on any atom is 0.254 e. The van der Waals surface area contributed by atoms with Crippen LogP contribution in [0.2, 0.25) is 0 Å². The molecule has 1 aliphatic rings. The molecular formula is C14H14N2OS. The Morgan fingerprint density at radius 3 is 2.89 bits per heavy atom. The predicted octanol–water partition coefficient (Wildman–Crippen LogP) is 2.13. The van der Waals surface area contributed by atoms with Crippen molar-refractivity contribution >= 4 is 11.8 Å². The first kappa shape index (κ1) is 11.5. The summed E-state index contributed by atoms with van der Waals surface area (Å²) >= 11 is 1.67. The van der Waals surface area contributed by atoms with E-state index in [2.05, 4.69) is 17.1 Å². The first-order chi connectivity index (χ1) is 8.83. The van der Waals surface area contributed by atoms with E-state index < -0.39 is 0 Å². The first-order valence-corrected chi connectivity index (χ1v) is 7.09. The normalized spacial score (nSPS) is 13.6. The average molecular weight is 258 g/mol. The Balaban J connectivity index is 1.78. The van der Waals surface area contributed by atoms with Gasteiger partial charge in [-0.1, -0.05) is 42.1 Å². The van der Waals surface area contributed by atoms with Crippen LogP contribution in [0.15, 0.2) is 46.3 Å². The third-order valence-electron chi connectivity index (χ3n) is 3.08. The van der Waals surface area contributed by atoms with E-state index in [0.29, 0.717) is 0 Å². The quantitative estimate of drug-likeness (QED) is 0.791. The van der Waals surface area contributed by atoms with E-state index in [-0.39, 0.29) is 5.56 Å². The molecule has 0 atom stereocenters. The summed E-state index contributed by atoms with van der Waals surface area (Å²) in [6, 6.07) is 12.0. The van der Waals surface area contributed by atoms with E-state index in [1.54, 1.807) is 22.4 Å². The molecule has 18 heavy (non-hydrogen) atoms. The Kier molecular flexibility index (Phi) is 3.19. The zero-order chi connectivity index (χ0) is 12.4. The number of hydrogen-bond donors (Lipinski definition) is 0. The van der Waals surface area contributed by atoms with Gasteiger partial charge >= 0.3 is 0 Å². The molecule has 0 saturated heterocycles. The lowest BCUT2D eigenvalue weighted by molar-refractivity contribution is 0.641. The molecule has 3 rings (SSSR count). The molecule has 0 bridgehead atoms. The van der Waals surface area contributed by atoms with Crippen molar-refractivity contribution in [1.82, 2.24) is 9.55 Å². The summed E-state index contributed by atoms with van der Waals surface area (Å²) in [5.74, 6) is 0.963. The molecule has 0 amide bonds. The minimum Gasteiger partial charge on any atom is -0.287 e. The van der Waals surface area contributed by atoms with E-state index in [1.807, 2.05) is 18.2 Å². The standard InChI is InChI=1S/C14H14N2OS/c17-13-10-12(15-14-16(13)8-9-18-14)7-6-11-4-2-1-3-5-11/h1-5,10H,6-9H2. The van der Waals surface area contributed by atoms with Gasteiger partial charge in [0, 0.05) is 24.1 Å². The van der Waals surface area contributed by atoms with Gasteiger partial charge in [0.1, 0.15) is 0 Å². The summed E-state index contributed by atoms with van der Waals surface area (Å²) in [5.41, 5.74) is 2.28. The number of thioether (sulfide) groups is 1. The highest BCUT2D eigenvalue weighted by atomic mass is 32.2. The third kappa shape index (κ3) is 2.34. The molecule has 1 aliphatic heterocycles. The molecule has 2 heterocycles. The van der Waals surface area contributed by atoms with Crippen LogP contribution in [0, 0.1) is 0 Å². The van der Waals surface area contributed by atoms with E-state index in [9.17, 15) is 4.79 Å². The van der Waals surface area contributed by atoms with Gasteiger partial charge in [-0.05, 0) is 18.4 Å². The fourth-order valence-corrected chi connectivity index (χ4v) is 3.09. The Morgan fingerprint density at radius 2 is 2.06 bits per heavy atom. The van der Waals surface area contributed by atoms with Crippen LogP contribution in [0.3, 0.4) is 0 Å². The second-order valence-corrected chi connectivity index (χ2v) is 5.42. The van der Waals surface area contributed by atoms with Crippen molar-refractivity contribution in [3.63, 3.8) is 0 Å². The minimum absolute atomic E-state index is 0.0908. The topological polar surface area (TPSA) is 34.9 Å². The van der Waals surface area contributed by atoms with E-state index in [4.69, 9.17) is 0 Å². The second kappa shape index (κ2) is 4.98. The monoisotopic (exact) mass is 258 g/mol. The van der Waals surface area contributed by atoms with Crippen molar-refractivity contribution < 1.29 is 0 Å². The average Bonchev–Trinajstić information content (AvgIpc) is 2.86. The summed E-state index contributed by atoms with van der Waals surface area (Å²) in [6.07, 6.45) is 1.76. The van der Waals surface area contributed by atoms with Crippen molar-refractivity contribution in [2.45, 2.75) is 24.5 Å². The molecular weight excluding hydrogens is 244 g/mol. The lowest BCUT2D eigenvalue weighted by Crippen LogP contribution is -2.20. The molecule has 0 spiro atoms. The molecule has 0 unspecified atom stereocenters. The Labute approximate surface area is 110 Å². The van der Waals surface area contributed by atoms with Gasteiger partial charge in [-0.15, -0.1) is 0 Å². The molecule has 2 aromatic rings. The SMILES string of the molecule is O=c1cc(CCc2ccccc2)nc2n1CCS2. The number of rotatable bonds is 3. The minimum atomic E-state index is 0.0908. The summed E-state index contributed by atoms with van der Waals surface area (Å²) in [7, 11) is 0. The molecule has 0 saturated carbocycles. The lowest BCUT2D eigenvalue weighted by Gasteiger charge is -2.04. The van der Waals surface area contributed by atoms with Gasteiger partial charge in [0.2, 0.25) is 0 Å². The fourth-order valence-electron chi connectivity index (χ4n) is 2.12. The Bertz CT molecular complexity index is 607. The van der Waals surface area contributed by atoms with E-state index in [0.717, 1.165) is 36.0 Å². The molecule has 92 valence electrons. The first-order valence-electron chi connectivity index (χ1n) is 6.10. The van der Waals surface area contributed by atoms with Crippen molar-refractivity contribution in [1.29, 1.82) is 0 Å². The van der Waals surface area contributed by atoms with Gasteiger partial charge in [0.25, 0.3) is 5.56 Å². The summed E-state index contributed by atoms with van der Waals surface area (Å²) in [6.45, 7) is 0.796. The van der Waals surface area contributed by atoms with E-state index in [1.165, 1.54) is 5.56 Å². The molecule has 0 aliphatic carbocycles. The zero-order valence-electron chi connectivity index (χ0n) is 10.0. The smallest absolute Gasteiger partial charge is 0.254 e. The van der Waals surface area contributed by atoms with Gasteiger partial charge in [-0.3, -0.25) is 9.36 Å². The zero-order valence-corrected chi connectivity index (χ0v) is 10.8. The van der Waals surface area contributed by atoms with Crippen LogP contribution in [0.25, 0.3) is 0 Å². The summed E-state index contributed by atoms with van der Waals surface area (Å²) in [5, 5.41) is 0.880. The molecule has 4 heteroatoms. The molecule has 1 aromatic carbocycles. The van der Waals surface area contributed by atoms with Crippen LogP contribution in [0.4, 0.5) is 0 Å². The molecule has 0 fully saturated rings. The van der Waals surface area contributed by atoms with Gasteiger partial charge in [-0.2, -0.15) is 0 Å². The van der Waals surface area contributed by atoms with Crippen molar-refractivity contribution in [2.24, 2.45) is 0 Å². The van der Waals surface area contributed by atoms with Crippen molar-refractivity contribution in [2.75, 3.05) is 5.75 Å². The highest BCUT2D eigenvalue weighted by Gasteiger charge is 2.14. The molecule has 0 radical (unpaired) electrons. The summed E-state index contributed by atoms with van der Waals surface area (Å²) in [4.78, 5) is 16.4. The number of hydrogen-bond acceptors (Lipinski definition) is 3. The predicted molar refractivity (Wildman–Crippen MR) is 73.1 cm³/mol. The Morgan fingerprint density at radius 1 is 1.22 bits per heavy atom. The number of aryl methyl sites for hydroxylation is 2. The van der Waals surface area contributed by atoms with Crippen LogP contribution in [-0.2, 0) is 19.4 Å². The second-order valence-electron chi connectivity index (χ2n) is 4.35. The van der Waals surface area contributed by atoms with Crippen LogP contribution < -0.4 is 5.56 Å². The number of nitrogens with zero attached hydrogens (tertiary/aromatic N) is 2. The maximum absolute atomic E-state index is 11.9. The van der Waals surface area contributed by atoms with Crippen molar-refractivity contribution in [3.05, 3.63) is 58.0 Å². The number of fused-ring (bicyclic) bond motifs is 1. The van der Waals surface area contributed by atoms with Gasteiger partial charge in [0.05, 0.1) is 0 Å². The van der Waals surface area contributed by atoms with Crippen molar-refractivity contribution in [3.8, 4) is 0 Å². The van der Waals surface area contributed by atoms with Crippen LogP contribution >= 0.6 is 11.8 Å². The highest BCUT2D eigenvalue weighted by Crippen LogP contribution is 2.21. The molecule has 3 nitrogen and oxygen atoms in total. The molecule has 0 N–H and O–H groups in total. The van der Waals surface area contributed by atoms with Crippen LogP contribution in [0.1, 0.15) is 11.3 Å². The lowest BCUT2D eigenvalue weighted by atomic mass is 10.1. The molecule has 1 aromatic heterocycles. The van der Waals surface area contributed by atoms with Crippen LogP contribution in [0.5, 0.6) is 0 Å². The summed E-state index contributed by atoms with van der Waals surface area (Å²) < 4.78 is 1.76. The van der Waals surface area contributed by atoms with Crippen LogP contribution in [-0.4, -0.2) is 15.3 Å². The van der Waals surface area contributed by atoms with Gasteiger partial charge in [-0.25, -0.2) is 4.98 Å². The fraction of sp³-hybridized carbons (Fsp3) is 0.286. The Hall–Kier alpha value is -1.55. The van der Waals surface area contributed by atoms with Gasteiger partial charge in [0.15, 0.2) is 5.16 Å². The number of aromatic nitrogens is 2. The maximum atomic E-state index is 11.9. The van der Waals surface area contributed by atoms with Gasteiger partial charge < -0.3 is 0 Å². The van der Waals surface area contributed by atoms with E-state index >= 15 is 0 Å². The number of benzene rings is 1. The third-order valence-corrected chi connectivity index (χ3v) is 4.04. The highest BCUT2D eigenvalue weighted by molar-refractivity contribution is 7.99. The largest absolute Gasteiger partial charge is 0.287 e.